The Morgan fingerprint density at radius 3 is 2.61 bits per heavy atom. The fraction of sp³-hybridized carbons (Fsp3) is 0.297. The number of hydrogen-bond donors (Lipinski definition) is 2. The fourth-order valence-corrected chi connectivity index (χ4v) is 8.44. The summed E-state index contributed by atoms with van der Waals surface area (Å²) in [5, 5.41) is 16.9. The van der Waals surface area contributed by atoms with Gasteiger partial charge in [-0.1, -0.05) is 29.8 Å². The number of piperidine rings is 1. The van der Waals surface area contributed by atoms with E-state index in [4.69, 9.17) is 21.6 Å². The summed E-state index contributed by atoms with van der Waals surface area (Å²) in [6.45, 7) is 7.70. The van der Waals surface area contributed by atoms with Crippen molar-refractivity contribution in [3.63, 3.8) is 0 Å². The van der Waals surface area contributed by atoms with Gasteiger partial charge in [0, 0.05) is 57.6 Å². The molecule has 49 heavy (non-hydrogen) atoms. The number of carbonyl (C=O) groups is 2. The molecule has 1 saturated heterocycles. The second-order valence-corrected chi connectivity index (χ2v) is 14.5. The molecule has 2 N–H and O–H groups in total. The minimum absolute atomic E-state index is 0.0224. The molecule has 0 bridgehead atoms. The van der Waals surface area contributed by atoms with Crippen LogP contribution in [0, 0.1) is 20.8 Å². The summed E-state index contributed by atoms with van der Waals surface area (Å²) in [6.07, 6.45) is 3.95. The van der Waals surface area contributed by atoms with Crippen LogP contribution in [-0.4, -0.2) is 56.4 Å². The number of aromatic nitrogens is 4. The van der Waals surface area contributed by atoms with Crippen LogP contribution in [0.2, 0.25) is 5.02 Å². The Kier molecular flexibility index (Phi) is 8.04. The highest BCUT2D eigenvalue weighted by molar-refractivity contribution is 7.15. The Bertz CT molecular complexity index is 2150. The van der Waals surface area contributed by atoms with Crippen molar-refractivity contribution in [2.75, 3.05) is 23.3 Å². The van der Waals surface area contributed by atoms with Gasteiger partial charge in [-0.3, -0.25) is 19.1 Å². The molecular weight excluding hydrogens is 656 g/mol. The maximum Gasteiger partial charge on any atom is 0.228 e. The first kappa shape index (κ1) is 31.4. The van der Waals surface area contributed by atoms with Gasteiger partial charge < -0.3 is 15.5 Å². The molecule has 5 aromatic rings. The van der Waals surface area contributed by atoms with Gasteiger partial charge in [0.25, 0.3) is 0 Å². The van der Waals surface area contributed by atoms with Crippen molar-refractivity contribution in [1.29, 1.82) is 0 Å². The van der Waals surface area contributed by atoms with Crippen molar-refractivity contribution in [3.8, 4) is 16.1 Å². The molecule has 2 aromatic carbocycles. The van der Waals surface area contributed by atoms with Crippen molar-refractivity contribution in [3.05, 3.63) is 105 Å². The van der Waals surface area contributed by atoms with E-state index in [-0.39, 0.29) is 24.3 Å². The van der Waals surface area contributed by atoms with Crippen LogP contribution in [0.1, 0.15) is 64.1 Å². The predicted molar refractivity (Wildman–Crippen MR) is 193 cm³/mol. The van der Waals surface area contributed by atoms with Crippen LogP contribution in [-0.2, 0) is 16.0 Å². The van der Waals surface area contributed by atoms with Gasteiger partial charge >= 0.3 is 0 Å². The van der Waals surface area contributed by atoms with Crippen LogP contribution in [0.3, 0.4) is 0 Å². The lowest BCUT2D eigenvalue weighted by Gasteiger charge is -2.34. The van der Waals surface area contributed by atoms with Gasteiger partial charge in [0.05, 0.1) is 18.6 Å². The van der Waals surface area contributed by atoms with E-state index < -0.39 is 6.04 Å². The molecule has 1 fully saturated rings. The van der Waals surface area contributed by atoms with Crippen LogP contribution in [0.15, 0.2) is 65.8 Å². The highest BCUT2D eigenvalue weighted by Crippen LogP contribution is 2.40. The summed E-state index contributed by atoms with van der Waals surface area (Å²) in [4.78, 5) is 39.1. The van der Waals surface area contributed by atoms with E-state index in [1.54, 1.807) is 11.3 Å². The number of rotatable bonds is 6. The molecule has 0 radical (unpaired) electrons. The van der Waals surface area contributed by atoms with E-state index in [9.17, 15) is 9.59 Å². The summed E-state index contributed by atoms with van der Waals surface area (Å²) < 4.78 is 2.07. The molecule has 12 heteroatoms. The molecule has 6 heterocycles. The first-order valence-corrected chi connectivity index (χ1v) is 17.7. The lowest BCUT2D eigenvalue weighted by atomic mass is 9.99. The zero-order valence-electron chi connectivity index (χ0n) is 27.5. The summed E-state index contributed by atoms with van der Waals surface area (Å²) in [5.74, 6) is 2.31. The van der Waals surface area contributed by atoms with E-state index in [0.717, 1.165) is 87.4 Å². The van der Waals surface area contributed by atoms with Gasteiger partial charge in [0.1, 0.15) is 22.7 Å². The van der Waals surface area contributed by atoms with Crippen molar-refractivity contribution in [2.24, 2.45) is 4.99 Å². The Labute approximate surface area is 293 Å². The number of aryl methyl sites for hydroxylation is 2. The van der Waals surface area contributed by atoms with Gasteiger partial charge in [-0.25, -0.2) is 4.98 Å². The van der Waals surface area contributed by atoms with Crippen LogP contribution < -0.4 is 15.5 Å². The average molecular weight is 691 g/mol. The zero-order valence-corrected chi connectivity index (χ0v) is 29.0. The molecule has 3 aliphatic rings. The second kappa shape index (κ2) is 12.5. The third-order valence-electron chi connectivity index (χ3n) is 9.72. The molecule has 0 spiro atoms. The quantitative estimate of drug-likeness (QED) is 0.209. The number of nitrogens with one attached hydrogen (secondary N) is 2. The maximum absolute atomic E-state index is 13.7. The minimum Gasteiger partial charge on any atom is -0.356 e. The molecular formula is C37H35ClN8O2S. The number of amides is 2. The van der Waals surface area contributed by atoms with Crippen molar-refractivity contribution in [2.45, 2.75) is 58.5 Å². The Hall–Kier alpha value is -4.87. The van der Waals surface area contributed by atoms with E-state index >= 15 is 0 Å². The Morgan fingerprint density at radius 1 is 1.04 bits per heavy atom. The summed E-state index contributed by atoms with van der Waals surface area (Å²) in [7, 11) is 0. The largest absolute Gasteiger partial charge is 0.356 e. The standard InChI is InChI=1S/C37H35ClN8O2S/c1-20-21(2)49-37-33(20)34(23-6-9-26(38)10-7-23)42-30(36-44-43-22(3)46(36)37)19-32(48)40-27-12-15-45(16-13-27)35-28(5-4-14-39-35)24-8-11-29-25(17-24)18-31(47)41-29/h4-11,14,17,27,30H,12-13,15-16,18-19H2,1-3H3,(H,40,48)(H,41,47)/t30-/m0/s1. The molecule has 2 amide bonds. The lowest BCUT2D eigenvalue weighted by Crippen LogP contribution is -2.45. The number of aliphatic imine (C=N–C) groups is 1. The third kappa shape index (κ3) is 5.80. The minimum atomic E-state index is -0.514. The first-order chi connectivity index (χ1) is 23.7. The van der Waals surface area contributed by atoms with Crippen molar-refractivity contribution in [1.82, 2.24) is 25.1 Å². The van der Waals surface area contributed by atoms with E-state index in [0.29, 0.717) is 17.3 Å². The average Bonchev–Trinajstić information content (AvgIpc) is 3.73. The third-order valence-corrected chi connectivity index (χ3v) is 11.2. The Morgan fingerprint density at radius 2 is 1.82 bits per heavy atom. The molecule has 3 aromatic heterocycles. The Balaban J connectivity index is 1.00. The molecule has 3 aliphatic heterocycles. The summed E-state index contributed by atoms with van der Waals surface area (Å²) in [5.41, 5.74) is 7.94. The van der Waals surface area contributed by atoms with E-state index in [2.05, 4.69) is 56.3 Å². The molecule has 0 unspecified atom stereocenters. The van der Waals surface area contributed by atoms with Crippen LogP contribution >= 0.6 is 22.9 Å². The van der Waals surface area contributed by atoms with Gasteiger partial charge in [0.15, 0.2) is 5.82 Å². The van der Waals surface area contributed by atoms with Gasteiger partial charge in [0.2, 0.25) is 11.8 Å². The van der Waals surface area contributed by atoms with Crippen molar-refractivity contribution < 1.29 is 9.59 Å². The number of pyridine rings is 1. The molecule has 1 atom stereocenters. The topological polar surface area (TPSA) is 117 Å². The SMILES string of the molecule is Cc1sc2c(c1C)C(c1ccc(Cl)cc1)=N[C@@H](CC(=O)NC1CCN(c3ncccc3-c3ccc4c(c3)CC(=O)N4)CC1)c1nnc(C)n1-2. The lowest BCUT2D eigenvalue weighted by molar-refractivity contribution is -0.122. The monoisotopic (exact) mass is 690 g/mol. The van der Waals surface area contributed by atoms with Gasteiger partial charge in [-0.05, 0) is 86.7 Å². The molecule has 0 aliphatic carbocycles. The maximum atomic E-state index is 13.7. The summed E-state index contributed by atoms with van der Waals surface area (Å²) in [6, 6.07) is 17.3. The van der Waals surface area contributed by atoms with Crippen LogP contribution in [0.25, 0.3) is 16.1 Å². The first-order valence-electron chi connectivity index (χ1n) is 16.5. The summed E-state index contributed by atoms with van der Waals surface area (Å²) >= 11 is 7.95. The molecule has 8 rings (SSSR count). The zero-order chi connectivity index (χ0) is 33.8. The van der Waals surface area contributed by atoms with Crippen LogP contribution in [0.5, 0.6) is 0 Å². The van der Waals surface area contributed by atoms with Crippen LogP contribution in [0.4, 0.5) is 11.5 Å². The second-order valence-electron chi connectivity index (χ2n) is 12.9. The van der Waals surface area contributed by atoms with Gasteiger partial charge in [-0.2, -0.15) is 0 Å². The number of hydrogen-bond acceptors (Lipinski definition) is 8. The normalized spacial score (nSPS) is 17.1. The number of fused-ring (bicyclic) bond motifs is 4. The number of benzene rings is 2. The highest BCUT2D eigenvalue weighted by atomic mass is 35.5. The molecule has 10 nitrogen and oxygen atoms in total. The number of halogens is 1. The molecule has 0 saturated carbocycles. The smallest absolute Gasteiger partial charge is 0.228 e. The number of carbonyl (C=O) groups excluding carboxylic acids is 2. The van der Waals surface area contributed by atoms with E-state index in [1.165, 1.54) is 4.88 Å². The highest BCUT2D eigenvalue weighted by Gasteiger charge is 2.33. The number of anilines is 2. The predicted octanol–water partition coefficient (Wildman–Crippen LogP) is 6.53. The number of nitrogens with zero attached hydrogens (tertiary/aromatic N) is 6. The van der Waals surface area contributed by atoms with Crippen molar-refractivity contribution >= 4 is 52.0 Å². The van der Waals surface area contributed by atoms with E-state index in [1.807, 2.05) is 55.6 Å². The number of thiophene rings is 1. The van der Waals surface area contributed by atoms with Gasteiger partial charge in [-0.15, -0.1) is 21.5 Å². The molecule has 248 valence electrons. The fourth-order valence-electron chi connectivity index (χ4n) is 7.10.